The highest BCUT2D eigenvalue weighted by Gasteiger charge is 2.24. The summed E-state index contributed by atoms with van der Waals surface area (Å²) >= 11 is 0. The number of hydrogen-bond acceptors (Lipinski definition) is 3. The maximum Gasteiger partial charge on any atom is 0.326 e. The van der Waals surface area contributed by atoms with E-state index in [0.717, 1.165) is 18.2 Å². The number of nitriles is 1. The van der Waals surface area contributed by atoms with Crippen LogP contribution in [0.2, 0.25) is 0 Å². The number of carbonyl (C=O) groups is 1. The van der Waals surface area contributed by atoms with Gasteiger partial charge in [0.1, 0.15) is 23.5 Å². The molecule has 1 atom stereocenters. The Morgan fingerprint density at radius 1 is 1.41 bits per heavy atom. The maximum absolute atomic E-state index is 11.4. The third-order valence-electron chi connectivity index (χ3n) is 4.64. The molecule has 22 heavy (non-hydrogen) atoms. The molecule has 0 aromatic carbocycles. The third kappa shape index (κ3) is 2.45. The van der Waals surface area contributed by atoms with Crippen LogP contribution in [0, 0.1) is 11.3 Å². The second-order valence-electron chi connectivity index (χ2n) is 6.02. The lowest BCUT2D eigenvalue weighted by Crippen LogP contribution is -2.15. The fourth-order valence-corrected chi connectivity index (χ4v) is 3.37. The monoisotopic (exact) mass is 297 g/mol. The largest absolute Gasteiger partial charge is 0.480 e. The molecule has 0 spiro atoms. The summed E-state index contributed by atoms with van der Waals surface area (Å²) in [6.07, 6.45) is 7.93. The number of aromatic nitrogens is 2. The summed E-state index contributed by atoms with van der Waals surface area (Å²) in [4.78, 5) is 15.7. The van der Waals surface area contributed by atoms with Gasteiger partial charge in [0, 0.05) is 11.6 Å². The van der Waals surface area contributed by atoms with Crippen molar-refractivity contribution in [3.05, 3.63) is 29.6 Å². The third-order valence-corrected chi connectivity index (χ3v) is 4.64. The predicted molar refractivity (Wildman–Crippen MR) is 82.6 cm³/mol. The van der Waals surface area contributed by atoms with E-state index in [1.54, 1.807) is 17.6 Å². The van der Waals surface area contributed by atoms with Crippen molar-refractivity contribution in [1.82, 2.24) is 9.55 Å². The fourth-order valence-electron chi connectivity index (χ4n) is 3.37. The summed E-state index contributed by atoms with van der Waals surface area (Å²) in [5.41, 5.74) is 2.11. The summed E-state index contributed by atoms with van der Waals surface area (Å²) in [6, 6.07) is 4.96. The van der Waals surface area contributed by atoms with E-state index >= 15 is 0 Å². The maximum atomic E-state index is 11.4. The molecule has 1 aliphatic rings. The fraction of sp³-hybridized carbons (Fsp3) is 0.471. The average molecular weight is 297 g/mol. The van der Waals surface area contributed by atoms with Crippen molar-refractivity contribution in [3.8, 4) is 6.07 Å². The Balaban J connectivity index is 2.16. The summed E-state index contributed by atoms with van der Waals surface area (Å²) in [7, 11) is 0. The molecule has 2 heterocycles. The van der Waals surface area contributed by atoms with Crippen LogP contribution in [0.4, 0.5) is 0 Å². The smallest absolute Gasteiger partial charge is 0.326 e. The summed E-state index contributed by atoms with van der Waals surface area (Å²) in [6.45, 7) is 1.65. The van der Waals surface area contributed by atoms with Gasteiger partial charge >= 0.3 is 5.97 Å². The number of fused-ring (bicyclic) bond motifs is 1. The quantitative estimate of drug-likeness (QED) is 0.938. The zero-order chi connectivity index (χ0) is 15.7. The van der Waals surface area contributed by atoms with E-state index in [0.29, 0.717) is 17.3 Å². The van der Waals surface area contributed by atoms with Crippen molar-refractivity contribution in [1.29, 1.82) is 5.26 Å². The van der Waals surface area contributed by atoms with Crippen LogP contribution >= 0.6 is 0 Å². The lowest BCUT2D eigenvalue weighted by Gasteiger charge is -2.21. The Kier molecular flexibility index (Phi) is 3.84. The van der Waals surface area contributed by atoms with E-state index in [1.165, 1.54) is 24.8 Å². The van der Waals surface area contributed by atoms with Gasteiger partial charge in [0.05, 0.1) is 0 Å². The Labute approximate surface area is 129 Å². The molecule has 1 fully saturated rings. The number of hydrogen-bond donors (Lipinski definition) is 1. The van der Waals surface area contributed by atoms with Gasteiger partial charge in [-0.15, -0.1) is 0 Å². The van der Waals surface area contributed by atoms with Crippen LogP contribution in [-0.4, -0.2) is 20.6 Å². The van der Waals surface area contributed by atoms with E-state index in [-0.39, 0.29) is 0 Å². The first-order chi connectivity index (χ1) is 10.6. The molecule has 0 saturated heterocycles. The van der Waals surface area contributed by atoms with Gasteiger partial charge in [-0.1, -0.05) is 19.3 Å². The van der Waals surface area contributed by atoms with E-state index in [4.69, 9.17) is 5.26 Å². The molecule has 2 aromatic rings. The van der Waals surface area contributed by atoms with Crippen LogP contribution in [0.25, 0.3) is 11.0 Å². The van der Waals surface area contributed by atoms with Crippen LogP contribution in [0.15, 0.2) is 18.3 Å². The van der Waals surface area contributed by atoms with Gasteiger partial charge < -0.3 is 9.67 Å². The van der Waals surface area contributed by atoms with E-state index in [9.17, 15) is 9.90 Å². The predicted octanol–water partition coefficient (Wildman–Crippen LogP) is 3.60. The van der Waals surface area contributed by atoms with Gasteiger partial charge in [-0.05, 0) is 43.4 Å². The minimum atomic E-state index is -0.892. The molecule has 1 aliphatic carbocycles. The molecule has 0 bridgehead atoms. The van der Waals surface area contributed by atoms with Gasteiger partial charge in [0.2, 0.25) is 0 Å². The topological polar surface area (TPSA) is 78.9 Å². The highest BCUT2D eigenvalue weighted by molar-refractivity contribution is 5.84. The molecule has 114 valence electrons. The van der Waals surface area contributed by atoms with Gasteiger partial charge in [-0.2, -0.15) is 5.26 Å². The second-order valence-corrected chi connectivity index (χ2v) is 6.02. The number of rotatable bonds is 3. The first-order valence-corrected chi connectivity index (χ1v) is 7.76. The molecule has 1 unspecified atom stereocenters. The SMILES string of the molecule is CC(C(=O)O)n1cc(C2CCCCC2)c2ccc(C#N)nc21. The molecule has 0 aliphatic heterocycles. The standard InChI is InChI=1S/C17H19N3O2/c1-11(17(21)22)20-10-15(12-5-3-2-4-6-12)14-8-7-13(9-18)19-16(14)20/h7-8,10-12H,2-6H2,1H3,(H,21,22). The molecule has 0 amide bonds. The Morgan fingerprint density at radius 2 is 2.14 bits per heavy atom. The Morgan fingerprint density at radius 3 is 2.77 bits per heavy atom. The number of carboxylic acids is 1. The van der Waals surface area contributed by atoms with Crippen LogP contribution in [0.5, 0.6) is 0 Å². The molecule has 5 heteroatoms. The molecular formula is C17H19N3O2. The van der Waals surface area contributed by atoms with Crippen molar-refractivity contribution in [3.63, 3.8) is 0 Å². The summed E-state index contributed by atoms with van der Waals surface area (Å²) in [5, 5.41) is 19.4. The molecular weight excluding hydrogens is 278 g/mol. The minimum Gasteiger partial charge on any atom is -0.480 e. The highest BCUT2D eigenvalue weighted by atomic mass is 16.4. The summed E-state index contributed by atoms with van der Waals surface area (Å²) < 4.78 is 1.70. The van der Waals surface area contributed by atoms with Crippen molar-refractivity contribution in [2.75, 3.05) is 0 Å². The highest BCUT2D eigenvalue weighted by Crippen LogP contribution is 2.37. The molecule has 5 nitrogen and oxygen atoms in total. The first kappa shape index (κ1) is 14.6. The van der Waals surface area contributed by atoms with E-state index < -0.39 is 12.0 Å². The number of carboxylic acid groups (broad SMARTS) is 1. The van der Waals surface area contributed by atoms with Gasteiger partial charge in [-0.3, -0.25) is 0 Å². The van der Waals surface area contributed by atoms with Crippen molar-refractivity contribution in [2.24, 2.45) is 0 Å². The van der Waals surface area contributed by atoms with E-state index in [2.05, 4.69) is 4.98 Å². The van der Waals surface area contributed by atoms with Crippen molar-refractivity contribution in [2.45, 2.75) is 51.0 Å². The molecule has 3 rings (SSSR count). The van der Waals surface area contributed by atoms with Crippen molar-refractivity contribution >= 4 is 17.0 Å². The van der Waals surface area contributed by atoms with Gasteiger partial charge in [0.15, 0.2) is 0 Å². The Bertz CT molecular complexity index is 751. The van der Waals surface area contributed by atoms with Crippen LogP contribution in [-0.2, 0) is 4.79 Å². The normalized spacial score (nSPS) is 17.3. The van der Waals surface area contributed by atoms with E-state index in [1.807, 2.05) is 18.3 Å². The average Bonchev–Trinajstić information content (AvgIpc) is 2.93. The Hall–Kier alpha value is -2.35. The van der Waals surface area contributed by atoms with Crippen LogP contribution in [0.1, 0.15) is 62.2 Å². The first-order valence-electron chi connectivity index (χ1n) is 7.76. The molecule has 0 radical (unpaired) electrons. The number of nitrogens with zero attached hydrogens (tertiary/aromatic N) is 3. The second kappa shape index (κ2) is 5.80. The van der Waals surface area contributed by atoms with Gasteiger partial charge in [-0.25, -0.2) is 9.78 Å². The zero-order valence-electron chi connectivity index (χ0n) is 12.6. The van der Waals surface area contributed by atoms with Gasteiger partial charge in [0.25, 0.3) is 0 Å². The minimum absolute atomic E-state index is 0.319. The molecule has 1 saturated carbocycles. The number of aliphatic carboxylic acids is 1. The van der Waals surface area contributed by atoms with Crippen LogP contribution in [0.3, 0.4) is 0 Å². The zero-order valence-corrected chi connectivity index (χ0v) is 12.6. The van der Waals surface area contributed by atoms with Crippen LogP contribution < -0.4 is 0 Å². The lowest BCUT2D eigenvalue weighted by molar-refractivity contribution is -0.140. The lowest BCUT2D eigenvalue weighted by atomic mass is 9.84. The molecule has 2 aromatic heterocycles. The molecule has 1 N–H and O–H groups in total. The summed E-state index contributed by atoms with van der Waals surface area (Å²) in [5.74, 6) is -0.426. The van der Waals surface area contributed by atoms with Crippen molar-refractivity contribution < 1.29 is 9.90 Å². The number of pyridine rings is 1.